The summed E-state index contributed by atoms with van der Waals surface area (Å²) in [6, 6.07) is 58.4. The number of furan rings is 1. The summed E-state index contributed by atoms with van der Waals surface area (Å²) in [6.07, 6.45) is 0. The Morgan fingerprint density at radius 3 is 1.82 bits per heavy atom. The molecule has 0 saturated carbocycles. The van der Waals surface area contributed by atoms with Crippen molar-refractivity contribution < 1.29 is 4.42 Å². The summed E-state index contributed by atoms with van der Waals surface area (Å²) < 4.78 is 8.95. The lowest BCUT2D eigenvalue weighted by atomic mass is 10.0. The molecule has 0 spiro atoms. The Morgan fingerprint density at radius 1 is 0.422 bits per heavy atom. The first-order valence-corrected chi connectivity index (χ1v) is 16.0. The summed E-state index contributed by atoms with van der Waals surface area (Å²) in [7, 11) is 0. The molecule has 212 valence electrons. The number of rotatable bonds is 5. The third-order valence-electron chi connectivity index (χ3n) is 8.70. The second kappa shape index (κ2) is 10.5. The largest absolute Gasteiger partial charge is 0.455 e. The topological polar surface area (TPSA) is 16.4 Å². The van der Waals surface area contributed by atoms with Crippen molar-refractivity contribution in [1.29, 1.82) is 0 Å². The maximum absolute atomic E-state index is 6.37. The third kappa shape index (κ3) is 4.32. The second-order valence-electron chi connectivity index (χ2n) is 11.3. The van der Waals surface area contributed by atoms with E-state index in [0.29, 0.717) is 0 Å². The van der Waals surface area contributed by atoms with Crippen molar-refractivity contribution in [2.75, 3.05) is 4.90 Å². The first-order valence-electron chi connectivity index (χ1n) is 15.2. The van der Waals surface area contributed by atoms with E-state index in [2.05, 4.69) is 157 Å². The number of hydrogen-bond donors (Lipinski definition) is 0. The van der Waals surface area contributed by atoms with Gasteiger partial charge in [0.25, 0.3) is 0 Å². The van der Waals surface area contributed by atoms with E-state index in [1.807, 2.05) is 23.5 Å². The van der Waals surface area contributed by atoms with E-state index in [1.165, 1.54) is 37.0 Å². The lowest BCUT2D eigenvalue weighted by molar-refractivity contribution is 0.670. The minimum absolute atomic E-state index is 0.915. The van der Waals surface area contributed by atoms with E-state index in [-0.39, 0.29) is 0 Å². The van der Waals surface area contributed by atoms with Gasteiger partial charge in [0, 0.05) is 43.2 Å². The maximum Gasteiger partial charge on any atom is 0.143 e. The van der Waals surface area contributed by atoms with Gasteiger partial charge in [0.2, 0.25) is 0 Å². The van der Waals surface area contributed by atoms with Gasteiger partial charge in [-0.3, -0.25) is 0 Å². The zero-order valence-corrected chi connectivity index (χ0v) is 25.2. The lowest BCUT2D eigenvalue weighted by Gasteiger charge is -2.26. The van der Waals surface area contributed by atoms with Gasteiger partial charge in [-0.1, -0.05) is 121 Å². The van der Waals surface area contributed by atoms with E-state index in [1.54, 1.807) is 0 Å². The predicted molar refractivity (Wildman–Crippen MR) is 192 cm³/mol. The van der Waals surface area contributed by atoms with Crippen LogP contribution in [0.5, 0.6) is 0 Å². The molecule has 0 N–H and O–H groups in total. The quantitative estimate of drug-likeness (QED) is 0.197. The fourth-order valence-corrected chi connectivity index (χ4v) is 7.74. The van der Waals surface area contributed by atoms with E-state index >= 15 is 0 Å². The monoisotopic (exact) mass is 593 g/mol. The molecule has 2 heterocycles. The number of hydrogen-bond acceptors (Lipinski definition) is 3. The van der Waals surface area contributed by atoms with Gasteiger partial charge in [0.05, 0.1) is 10.4 Å². The molecule has 0 saturated heterocycles. The smallest absolute Gasteiger partial charge is 0.143 e. The number of para-hydroxylation sites is 2. The van der Waals surface area contributed by atoms with Crippen LogP contribution in [0.25, 0.3) is 64.4 Å². The van der Waals surface area contributed by atoms with Crippen molar-refractivity contribution in [3.8, 4) is 22.3 Å². The molecule has 9 aromatic rings. The van der Waals surface area contributed by atoms with Crippen LogP contribution >= 0.6 is 11.3 Å². The fraction of sp³-hybridized carbons (Fsp3) is 0. The minimum Gasteiger partial charge on any atom is -0.455 e. The Balaban J connectivity index is 1.19. The average Bonchev–Trinajstić information content (AvgIpc) is 3.69. The summed E-state index contributed by atoms with van der Waals surface area (Å²) >= 11 is 1.86. The van der Waals surface area contributed by atoms with Gasteiger partial charge in [0.15, 0.2) is 0 Å². The van der Waals surface area contributed by atoms with Gasteiger partial charge < -0.3 is 9.32 Å². The molecule has 3 heteroatoms. The fourth-order valence-electron chi connectivity index (χ4n) is 6.53. The van der Waals surface area contributed by atoms with Gasteiger partial charge in [-0.2, -0.15) is 0 Å². The molecule has 2 aromatic heterocycles. The van der Waals surface area contributed by atoms with E-state index < -0.39 is 0 Å². The van der Waals surface area contributed by atoms with E-state index in [4.69, 9.17) is 4.42 Å². The van der Waals surface area contributed by atoms with Crippen molar-refractivity contribution in [1.82, 2.24) is 0 Å². The van der Waals surface area contributed by atoms with Crippen LogP contribution in [-0.2, 0) is 0 Å². The van der Waals surface area contributed by atoms with Crippen LogP contribution in [0.15, 0.2) is 168 Å². The van der Waals surface area contributed by atoms with Crippen LogP contribution < -0.4 is 4.90 Å². The number of nitrogens with zero attached hydrogens (tertiary/aromatic N) is 1. The number of fused-ring (bicyclic) bond motifs is 6. The molecule has 0 bridgehead atoms. The van der Waals surface area contributed by atoms with Gasteiger partial charge in [-0.25, -0.2) is 0 Å². The summed E-state index contributed by atoms with van der Waals surface area (Å²) in [4.78, 5) is 2.39. The molecule has 0 aliphatic carbocycles. The van der Waals surface area contributed by atoms with Gasteiger partial charge in [-0.05, 0) is 59.2 Å². The molecular formula is C42H27NOS. The first-order chi connectivity index (χ1) is 22.3. The van der Waals surface area contributed by atoms with Crippen LogP contribution in [0, 0.1) is 0 Å². The molecule has 0 amide bonds. The molecule has 2 nitrogen and oxygen atoms in total. The lowest BCUT2D eigenvalue weighted by Crippen LogP contribution is -2.10. The first kappa shape index (κ1) is 25.8. The Morgan fingerprint density at radius 2 is 1.02 bits per heavy atom. The van der Waals surface area contributed by atoms with Crippen LogP contribution in [0.2, 0.25) is 0 Å². The van der Waals surface area contributed by atoms with Crippen LogP contribution in [-0.4, -0.2) is 0 Å². The SMILES string of the molecule is c1ccc(-c2ccc(N(c3ccc(-c4cccc5c4oc4ccccc45)cc3)c3cccc4c3sc3ccccc34)cc2)cc1. The Kier molecular flexibility index (Phi) is 6.03. The Labute approximate surface area is 265 Å². The predicted octanol–water partition coefficient (Wildman–Crippen LogP) is 12.8. The minimum atomic E-state index is 0.915. The highest BCUT2D eigenvalue weighted by Gasteiger charge is 2.19. The van der Waals surface area contributed by atoms with Crippen molar-refractivity contribution >= 4 is 70.5 Å². The Hall–Kier alpha value is -5.64. The van der Waals surface area contributed by atoms with Gasteiger partial charge >= 0.3 is 0 Å². The maximum atomic E-state index is 6.37. The van der Waals surface area contributed by atoms with Crippen LogP contribution in [0.4, 0.5) is 17.1 Å². The van der Waals surface area contributed by atoms with Crippen molar-refractivity contribution in [2.45, 2.75) is 0 Å². The standard InChI is InChI=1S/C42H27NOS/c1-2-10-28(11-3-1)29-20-24-31(25-21-29)43(38-17-9-16-37-35-13-5-7-19-40(35)45-42(37)38)32-26-22-30(23-27-32)33-14-8-15-36-34-12-4-6-18-39(34)44-41(33)36/h1-27H. The highest BCUT2D eigenvalue weighted by atomic mass is 32.1. The molecular weight excluding hydrogens is 567 g/mol. The molecule has 0 radical (unpaired) electrons. The molecule has 0 atom stereocenters. The Bertz CT molecular complexity index is 2470. The summed E-state index contributed by atoms with van der Waals surface area (Å²) in [6.45, 7) is 0. The number of anilines is 3. The van der Waals surface area contributed by atoms with E-state index in [9.17, 15) is 0 Å². The third-order valence-corrected chi connectivity index (χ3v) is 9.91. The molecule has 0 aliphatic rings. The molecule has 0 aliphatic heterocycles. The molecule has 45 heavy (non-hydrogen) atoms. The van der Waals surface area contributed by atoms with Crippen molar-refractivity contribution in [2.24, 2.45) is 0 Å². The number of benzene rings is 7. The number of thiophene rings is 1. The van der Waals surface area contributed by atoms with Crippen molar-refractivity contribution in [3.63, 3.8) is 0 Å². The summed E-state index contributed by atoms with van der Waals surface area (Å²) in [5.74, 6) is 0. The van der Waals surface area contributed by atoms with Gasteiger partial charge in [0.1, 0.15) is 11.2 Å². The van der Waals surface area contributed by atoms with E-state index in [0.717, 1.165) is 44.4 Å². The summed E-state index contributed by atoms with van der Waals surface area (Å²) in [5, 5.41) is 4.87. The normalized spacial score (nSPS) is 11.6. The highest BCUT2D eigenvalue weighted by molar-refractivity contribution is 7.26. The highest BCUT2D eigenvalue weighted by Crippen LogP contribution is 2.45. The molecule has 0 unspecified atom stereocenters. The van der Waals surface area contributed by atoms with Crippen LogP contribution in [0.3, 0.4) is 0 Å². The zero-order chi connectivity index (χ0) is 29.7. The van der Waals surface area contributed by atoms with Gasteiger partial charge in [-0.15, -0.1) is 11.3 Å². The molecule has 0 fully saturated rings. The van der Waals surface area contributed by atoms with Crippen LogP contribution in [0.1, 0.15) is 0 Å². The molecule has 9 rings (SSSR count). The summed E-state index contributed by atoms with van der Waals surface area (Å²) in [5.41, 5.74) is 9.88. The van der Waals surface area contributed by atoms with Crippen molar-refractivity contribution in [3.05, 3.63) is 164 Å². The average molecular weight is 594 g/mol. The second-order valence-corrected chi connectivity index (χ2v) is 12.4. The zero-order valence-electron chi connectivity index (χ0n) is 24.4. The molecule has 7 aromatic carbocycles.